The maximum Gasteiger partial charge on any atom is 0.416 e. The van der Waals surface area contributed by atoms with Crippen molar-refractivity contribution in [3.05, 3.63) is 71.0 Å². The molecule has 1 heterocycles. The fourth-order valence-corrected chi connectivity index (χ4v) is 2.45. The molecule has 3 aromatic rings. The number of alkyl halides is 3. The molecule has 134 valence electrons. The fraction of sp³-hybridized carbons (Fsp3) is 0.111. The van der Waals surface area contributed by atoms with Crippen LogP contribution in [0.3, 0.4) is 0 Å². The van der Waals surface area contributed by atoms with Gasteiger partial charge in [-0.15, -0.1) is 0 Å². The standard InChI is InChI=1S/C18H13ClF3N3O/c19-13-5-1-11(2-6-13)17-23-10-15(25-17)9-16(26)24-14-7-3-12(4-8-14)18(20,21)22/h1-8,10H,9H2,(H,23,25)(H,24,26). The summed E-state index contributed by atoms with van der Waals surface area (Å²) in [4.78, 5) is 19.3. The number of rotatable bonds is 4. The molecule has 0 bridgehead atoms. The molecule has 1 aromatic heterocycles. The van der Waals surface area contributed by atoms with Gasteiger partial charge in [-0.3, -0.25) is 4.79 Å². The predicted molar refractivity (Wildman–Crippen MR) is 92.8 cm³/mol. The zero-order valence-electron chi connectivity index (χ0n) is 13.3. The van der Waals surface area contributed by atoms with Crippen LogP contribution in [0.4, 0.5) is 18.9 Å². The average Bonchev–Trinajstić information content (AvgIpc) is 3.03. The molecule has 0 radical (unpaired) electrons. The Balaban J connectivity index is 1.62. The molecule has 0 spiro atoms. The Kier molecular flexibility index (Phi) is 4.99. The average molecular weight is 380 g/mol. The van der Waals surface area contributed by atoms with Crippen LogP contribution < -0.4 is 5.32 Å². The van der Waals surface area contributed by atoms with Gasteiger partial charge in [0.05, 0.1) is 12.0 Å². The van der Waals surface area contributed by atoms with E-state index in [9.17, 15) is 18.0 Å². The van der Waals surface area contributed by atoms with Gasteiger partial charge in [0.2, 0.25) is 5.91 Å². The van der Waals surface area contributed by atoms with Gasteiger partial charge < -0.3 is 10.3 Å². The summed E-state index contributed by atoms with van der Waals surface area (Å²) in [6.07, 6.45) is -2.85. The van der Waals surface area contributed by atoms with Gasteiger partial charge in [0.15, 0.2) is 0 Å². The van der Waals surface area contributed by atoms with Gasteiger partial charge in [-0.1, -0.05) is 11.6 Å². The van der Waals surface area contributed by atoms with Crippen LogP contribution >= 0.6 is 11.6 Å². The molecule has 0 atom stereocenters. The van der Waals surface area contributed by atoms with E-state index < -0.39 is 11.7 Å². The number of carbonyl (C=O) groups is 1. The monoisotopic (exact) mass is 379 g/mol. The van der Waals surface area contributed by atoms with Crippen LogP contribution in [-0.4, -0.2) is 15.9 Å². The highest BCUT2D eigenvalue weighted by Crippen LogP contribution is 2.29. The summed E-state index contributed by atoms with van der Waals surface area (Å²) in [5.41, 5.74) is 0.931. The quantitative estimate of drug-likeness (QED) is 0.675. The van der Waals surface area contributed by atoms with Crippen molar-refractivity contribution in [1.82, 2.24) is 9.97 Å². The molecule has 2 aromatic carbocycles. The second-order valence-corrected chi connectivity index (χ2v) is 6.00. The van der Waals surface area contributed by atoms with E-state index in [1.807, 2.05) is 0 Å². The highest BCUT2D eigenvalue weighted by atomic mass is 35.5. The SMILES string of the molecule is O=C(Cc1cnc(-c2ccc(Cl)cc2)[nH]1)Nc1ccc(C(F)(F)F)cc1. The molecular formula is C18H13ClF3N3O. The van der Waals surface area contributed by atoms with E-state index in [0.29, 0.717) is 22.2 Å². The minimum atomic E-state index is -4.41. The second kappa shape index (κ2) is 7.21. The lowest BCUT2D eigenvalue weighted by molar-refractivity contribution is -0.137. The molecule has 3 rings (SSSR count). The highest BCUT2D eigenvalue weighted by Gasteiger charge is 2.29. The Morgan fingerprint density at radius 1 is 1.08 bits per heavy atom. The van der Waals surface area contributed by atoms with Crippen molar-refractivity contribution < 1.29 is 18.0 Å². The molecule has 0 unspecified atom stereocenters. The molecule has 4 nitrogen and oxygen atoms in total. The minimum absolute atomic E-state index is 0.0155. The number of hydrogen-bond acceptors (Lipinski definition) is 2. The third-order valence-corrected chi connectivity index (χ3v) is 3.85. The first-order chi connectivity index (χ1) is 12.3. The summed E-state index contributed by atoms with van der Waals surface area (Å²) in [5.74, 6) is 0.232. The van der Waals surface area contributed by atoms with Gasteiger partial charge >= 0.3 is 6.18 Å². The number of imidazole rings is 1. The smallest absolute Gasteiger partial charge is 0.341 e. The molecule has 0 aliphatic rings. The first-order valence-corrected chi connectivity index (χ1v) is 7.96. The summed E-state index contributed by atoms with van der Waals surface area (Å²) in [6.45, 7) is 0. The van der Waals surface area contributed by atoms with E-state index in [4.69, 9.17) is 11.6 Å². The summed E-state index contributed by atoms with van der Waals surface area (Å²) < 4.78 is 37.6. The third kappa shape index (κ3) is 4.43. The number of aromatic amines is 1. The molecular weight excluding hydrogens is 367 g/mol. The second-order valence-electron chi connectivity index (χ2n) is 5.56. The summed E-state index contributed by atoms with van der Waals surface area (Å²) >= 11 is 5.84. The number of nitrogens with zero attached hydrogens (tertiary/aromatic N) is 1. The van der Waals surface area contributed by atoms with E-state index in [-0.39, 0.29) is 12.3 Å². The van der Waals surface area contributed by atoms with Crippen molar-refractivity contribution in [2.45, 2.75) is 12.6 Å². The normalized spacial score (nSPS) is 11.4. The van der Waals surface area contributed by atoms with Crippen LogP contribution in [-0.2, 0) is 17.4 Å². The van der Waals surface area contributed by atoms with Crippen molar-refractivity contribution in [1.29, 1.82) is 0 Å². The molecule has 26 heavy (non-hydrogen) atoms. The zero-order chi connectivity index (χ0) is 18.7. The van der Waals surface area contributed by atoms with Gasteiger partial charge in [-0.25, -0.2) is 4.98 Å². The van der Waals surface area contributed by atoms with Gasteiger partial charge in [0.25, 0.3) is 0 Å². The number of carbonyl (C=O) groups excluding carboxylic acids is 1. The number of hydrogen-bond donors (Lipinski definition) is 2. The largest absolute Gasteiger partial charge is 0.416 e. The molecule has 0 aliphatic heterocycles. The van der Waals surface area contributed by atoms with Gasteiger partial charge in [-0.05, 0) is 48.5 Å². The van der Waals surface area contributed by atoms with Crippen molar-refractivity contribution in [2.24, 2.45) is 0 Å². The first kappa shape index (κ1) is 18.0. The van der Waals surface area contributed by atoms with Crippen LogP contribution in [0.25, 0.3) is 11.4 Å². The Bertz CT molecular complexity index is 903. The van der Waals surface area contributed by atoms with E-state index in [0.717, 1.165) is 17.7 Å². The number of anilines is 1. The number of aromatic nitrogens is 2. The summed E-state index contributed by atoms with van der Waals surface area (Å²) in [7, 11) is 0. The Hall–Kier alpha value is -2.80. The lowest BCUT2D eigenvalue weighted by Gasteiger charge is -2.08. The Morgan fingerprint density at radius 3 is 2.35 bits per heavy atom. The first-order valence-electron chi connectivity index (χ1n) is 7.58. The maximum absolute atomic E-state index is 12.5. The number of H-pyrrole nitrogens is 1. The maximum atomic E-state index is 12.5. The number of benzene rings is 2. The van der Waals surface area contributed by atoms with E-state index in [1.54, 1.807) is 24.3 Å². The van der Waals surface area contributed by atoms with Crippen LogP contribution in [0.5, 0.6) is 0 Å². The molecule has 0 aliphatic carbocycles. The highest BCUT2D eigenvalue weighted by molar-refractivity contribution is 6.30. The fourth-order valence-electron chi connectivity index (χ4n) is 2.32. The lowest BCUT2D eigenvalue weighted by Crippen LogP contribution is -2.15. The Morgan fingerprint density at radius 2 is 1.73 bits per heavy atom. The van der Waals surface area contributed by atoms with Crippen molar-refractivity contribution in [3.63, 3.8) is 0 Å². The molecule has 1 amide bonds. The number of nitrogens with one attached hydrogen (secondary N) is 2. The molecule has 0 saturated carbocycles. The topological polar surface area (TPSA) is 57.8 Å². The lowest BCUT2D eigenvalue weighted by atomic mass is 10.2. The third-order valence-electron chi connectivity index (χ3n) is 3.59. The molecule has 2 N–H and O–H groups in total. The summed E-state index contributed by atoms with van der Waals surface area (Å²) in [6, 6.07) is 11.3. The summed E-state index contributed by atoms with van der Waals surface area (Å²) in [5, 5.41) is 3.16. The number of amides is 1. The van der Waals surface area contributed by atoms with Crippen molar-refractivity contribution in [2.75, 3.05) is 5.32 Å². The molecule has 0 fully saturated rings. The number of halogens is 4. The van der Waals surface area contributed by atoms with Crippen molar-refractivity contribution >= 4 is 23.2 Å². The van der Waals surface area contributed by atoms with E-state index in [2.05, 4.69) is 15.3 Å². The van der Waals surface area contributed by atoms with Crippen LogP contribution in [0.1, 0.15) is 11.3 Å². The molecule has 8 heteroatoms. The van der Waals surface area contributed by atoms with Gasteiger partial charge in [0, 0.05) is 28.2 Å². The van der Waals surface area contributed by atoms with E-state index in [1.165, 1.54) is 18.3 Å². The van der Waals surface area contributed by atoms with Crippen molar-refractivity contribution in [3.8, 4) is 11.4 Å². The Labute approximate surface area is 152 Å². The van der Waals surface area contributed by atoms with Gasteiger partial charge in [0.1, 0.15) is 5.82 Å². The van der Waals surface area contributed by atoms with E-state index >= 15 is 0 Å². The zero-order valence-corrected chi connectivity index (χ0v) is 14.0. The van der Waals surface area contributed by atoms with Gasteiger partial charge in [-0.2, -0.15) is 13.2 Å². The van der Waals surface area contributed by atoms with Crippen LogP contribution in [0.15, 0.2) is 54.7 Å². The predicted octanol–water partition coefficient (Wildman–Crippen LogP) is 4.93. The minimum Gasteiger partial charge on any atom is -0.341 e. The van der Waals surface area contributed by atoms with Crippen LogP contribution in [0.2, 0.25) is 5.02 Å². The molecule has 0 saturated heterocycles. The van der Waals surface area contributed by atoms with Crippen LogP contribution in [0, 0.1) is 0 Å².